The van der Waals surface area contributed by atoms with Crippen LogP contribution in [0, 0.1) is 5.82 Å². The number of carboxylic acid groups (broad SMARTS) is 1. The maximum absolute atomic E-state index is 13.4. The molecule has 2 amide bonds. The summed E-state index contributed by atoms with van der Waals surface area (Å²) >= 11 is 0. The predicted molar refractivity (Wildman–Crippen MR) is 65.3 cm³/mol. The minimum Gasteiger partial charge on any atom is -0.480 e. The Kier molecular flexibility index (Phi) is 4.57. The molecule has 0 saturated carbocycles. The van der Waals surface area contributed by atoms with Crippen LogP contribution in [0.15, 0.2) is 18.2 Å². The quantitative estimate of drug-likeness (QED) is 0.850. The van der Waals surface area contributed by atoms with E-state index in [0.717, 1.165) is 17.0 Å². The molecule has 0 heterocycles. The number of nitrogens with zero attached hydrogens (tertiary/aromatic N) is 1. The Morgan fingerprint density at radius 2 is 2.00 bits per heavy atom. The fourth-order valence-electron chi connectivity index (χ4n) is 1.44. The average Bonchev–Trinajstić information content (AvgIpc) is 2.29. The number of rotatable bonds is 4. The molecule has 0 radical (unpaired) electrons. The van der Waals surface area contributed by atoms with Crippen molar-refractivity contribution in [1.82, 2.24) is 4.90 Å². The van der Waals surface area contributed by atoms with Gasteiger partial charge in [0, 0.05) is 19.5 Å². The first-order valence-corrected chi connectivity index (χ1v) is 5.35. The van der Waals surface area contributed by atoms with Crippen molar-refractivity contribution < 1.29 is 23.9 Å². The van der Waals surface area contributed by atoms with Gasteiger partial charge >= 0.3 is 5.97 Å². The molecule has 0 saturated heterocycles. The first kappa shape index (κ1) is 14.6. The summed E-state index contributed by atoms with van der Waals surface area (Å²) in [5.74, 6) is -2.87. The van der Waals surface area contributed by atoms with Gasteiger partial charge < -0.3 is 15.3 Å². The number of carboxylic acids is 1. The number of nitrogens with one attached hydrogen (secondary N) is 1. The van der Waals surface area contributed by atoms with Crippen LogP contribution in [-0.4, -0.2) is 41.4 Å². The third-order valence-electron chi connectivity index (χ3n) is 2.24. The van der Waals surface area contributed by atoms with Gasteiger partial charge in [0.25, 0.3) is 5.91 Å². The standard InChI is InChI=1S/C12H13FN2O4/c1-7(16)14-10-5-8(3-4-9(10)13)12(19)15(2)6-11(17)18/h3-5H,6H2,1-2H3,(H,14,16)(H,17,18). The molecular formula is C12H13FN2O4. The molecule has 0 spiro atoms. The fourth-order valence-corrected chi connectivity index (χ4v) is 1.44. The summed E-state index contributed by atoms with van der Waals surface area (Å²) < 4.78 is 13.4. The van der Waals surface area contributed by atoms with Crippen molar-refractivity contribution in [2.75, 3.05) is 18.9 Å². The highest BCUT2D eigenvalue weighted by atomic mass is 19.1. The highest BCUT2D eigenvalue weighted by Gasteiger charge is 2.16. The second-order valence-electron chi connectivity index (χ2n) is 3.93. The molecule has 6 nitrogen and oxygen atoms in total. The van der Waals surface area contributed by atoms with Gasteiger partial charge in [0.15, 0.2) is 0 Å². The number of hydrogen-bond donors (Lipinski definition) is 2. The number of hydrogen-bond acceptors (Lipinski definition) is 3. The largest absolute Gasteiger partial charge is 0.480 e. The normalized spacial score (nSPS) is 9.84. The molecule has 0 aliphatic heterocycles. The van der Waals surface area contributed by atoms with Gasteiger partial charge in [-0.05, 0) is 18.2 Å². The first-order valence-electron chi connectivity index (χ1n) is 5.35. The zero-order valence-electron chi connectivity index (χ0n) is 10.4. The van der Waals surface area contributed by atoms with Crippen LogP contribution in [0.2, 0.25) is 0 Å². The van der Waals surface area contributed by atoms with Crippen LogP contribution in [0.4, 0.5) is 10.1 Å². The van der Waals surface area contributed by atoms with Crippen LogP contribution in [0.3, 0.4) is 0 Å². The van der Waals surface area contributed by atoms with Crippen LogP contribution >= 0.6 is 0 Å². The topological polar surface area (TPSA) is 86.7 Å². The lowest BCUT2D eigenvalue weighted by molar-refractivity contribution is -0.137. The number of likely N-dealkylation sites (N-methyl/N-ethyl adjacent to an activating group) is 1. The summed E-state index contributed by atoms with van der Waals surface area (Å²) in [6.45, 7) is 0.746. The van der Waals surface area contributed by atoms with Gasteiger partial charge in [0.05, 0.1) is 5.69 Å². The minimum absolute atomic E-state index is 0.0916. The average molecular weight is 268 g/mol. The van der Waals surface area contributed by atoms with E-state index < -0.39 is 30.1 Å². The van der Waals surface area contributed by atoms with Crippen molar-refractivity contribution in [3.8, 4) is 0 Å². The van der Waals surface area contributed by atoms with Crippen molar-refractivity contribution in [2.24, 2.45) is 0 Å². The molecule has 0 bridgehead atoms. The molecule has 0 atom stereocenters. The van der Waals surface area contributed by atoms with Gasteiger partial charge in [0.2, 0.25) is 5.91 Å². The third kappa shape index (κ3) is 4.06. The number of anilines is 1. The van der Waals surface area contributed by atoms with Crippen molar-refractivity contribution in [2.45, 2.75) is 6.92 Å². The Hall–Kier alpha value is -2.44. The van der Waals surface area contributed by atoms with Gasteiger partial charge in [-0.3, -0.25) is 14.4 Å². The Balaban J connectivity index is 2.98. The maximum atomic E-state index is 13.4. The fraction of sp³-hybridized carbons (Fsp3) is 0.250. The zero-order valence-corrected chi connectivity index (χ0v) is 10.4. The van der Waals surface area contributed by atoms with E-state index in [-0.39, 0.29) is 11.3 Å². The Morgan fingerprint density at radius 1 is 1.37 bits per heavy atom. The van der Waals surface area contributed by atoms with Crippen molar-refractivity contribution in [3.05, 3.63) is 29.6 Å². The summed E-state index contributed by atoms with van der Waals surface area (Å²) in [5, 5.41) is 10.8. The number of amides is 2. The molecule has 1 rings (SSSR count). The van der Waals surface area contributed by atoms with E-state index in [1.54, 1.807) is 0 Å². The second-order valence-corrected chi connectivity index (χ2v) is 3.93. The monoisotopic (exact) mass is 268 g/mol. The van der Waals surface area contributed by atoms with E-state index in [0.29, 0.717) is 0 Å². The van der Waals surface area contributed by atoms with Crippen LogP contribution in [-0.2, 0) is 9.59 Å². The summed E-state index contributed by atoms with van der Waals surface area (Å²) in [4.78, 5) is 34.2. The van der Waals surface area contributed by atoms with Crippen LogP contribution in [0.1, 0.15) is 17.3 Å². The van der Waals surface area contributed by atoms with E-state index in [2.05, 4.69) is 5.32 Å². The number of benzene rings is 1. The molecule has 2 N–H and O–H groups in total. The lowest BCUT2D eigenvalue weighted by atomic mass is 10.1. The molecule has 19 heavy (non-hydrogen) atoms. The van der Waals surface area contributed by atoms with Crippen LogP contribution in [0.25, 0.3) is 0 Å². The number of carbonyl (C=O) groups is 3. The van der Waals surface area contributed by atoms with E-state index in [1.165, 1.54) is 20.0 Å². The minimum atomic E-state index is -1.15. The van der Waals surface area contributed by atoms with Crippen molar-refractivity contribution >= 4 is 23.5 Å². The van der Waals surface area contributed by atoms with Crippen molar-refractivity contribution in [3.63, 3.8) is 0 Å². The smallest absolute Gasteiger partial charge is 0.323 e. The SMILES string of the molecule is CC(=O)Nc1cc(C(=O)N(C)CC(=O)O)ccc1F. The van der Waals surface area contributed by atoms with Crippen molar-refractivity contribution in [1.29, 1.82) is 0 Å². The van der Waals surface area contributed by atoms with Gasteiger partial charge in [-0.25, -0.2) is 4.39 Å². The number of carbonyl (C=O) groups excluding carboxylic acids is 2. The van der Waals surface area contributed by atoms with Gasteiger partial charge in [-0.2, -0.15) is 0 Å². The highest BCUT2D eigenvalue weighted by molar-refractivity contribution is 5.97. The molecule has 0 aliphatic rings. The molecule has 0 fully saturated rings. The molecule has 1 aromatic rings. The summed E-state index contributed by atoms with van der Waals surface area (Å²) in [5.41, 5.74) is -0.0315. The second kappa shape index (κ2) is 5.94. The molecular weight excluding hydrogens is 255 g/mol. The van der Waals surface area contributed by atoms with Gasteiger partial charge in [0.1, 0.15) is 12.4 Å². The number of aliphatic carboxylic acids is 1. The maximum Gasteiger partial charge on any atom is 0.323 e. The first-order chi connectivity index (χ1) is 8.81. The van der Waals surface area contributed by atoms with E-state index in [1.807, 2.05) is 0 Å². The summed E-state index contributed by atoms with van der Waals surface area (Å²) in [6.07, 6.45) is 0. The Bertz CT molecular complexity index is 530. The predicted octanol–water partition coefficient (Wildman–Crippen LogP) is 0.941. The van der Waals surface area contributed by atoms with E-state index in [9.17, 15) is 18.8 Å². The van der Waals surface area contributed by atoms with Gasteiger partial charge in [-0.1, -0.05) is 0 Å². The molecule has 0 aliphatic carbocycles. The lowest BCUT2D eigenvalue weighted by Crippen LogP contribution is -2.32. The zero-order chi connectivity index (χ0) is 14.6. The van der Waals surface area contributed by atoms with Crippen LogP contribution < -0.4 is 5.32 Å². The molecule has 0 unspecified atom stereocenters. The summed E-state index contributed by atoms with van der Waals surface area (Å²) in [7, 11) is 1.32. The van der Waals surface area contributed by atoms with E-state index in [4.69, 9.17) is 5.11 Å². The third-order valence-corrected chi connectivity index (χ3v) is 2.24. The van der Waals surface area contributed by atoms with Crippen LogP contribution in [0.5, 0.6) is 0 Å². The van der Waals surface area contributed by atoms with Gasteiger partial charge in [-0.15, -0.1) is 0 Å². The molecule has 0 aromatic heterocycles. The Morgan fingerprint density at radius 3 is 2.53 bits per heavy atom. The van der Waals surface area contributed by atoms with E-state index >= 15 is 0 Å². The lowest BCUT2D eigenvalue weighted by Gasteiger charge is -2.15. The number of halogens is 1. The Labute approximate surface area is 108 Å². The summed E-state index contributed by atoms with van der Waals surface area (Å²) in [6, 6.07) is 3.42. The molecule has 1 aromatic carbocycles. The molecule has 102 valence electrons. The highest BCUT2D eigenvalue weighted by Crippen LogP contribution is 2.17. The molecule has 7 heteroatoms.